The van der Waals surface area contributed by atoms with Gasteiger partial charge in [0.1, 0.15) is 57.3 Å². The van der Waals surface area contributed by atoms with Crippen molar-refractivity contribution in [2.45, 2.75) is 290 Å². The minimum Gasteiger partial charge on any atom is -0.458 e. The first kappa shape index (κ1) is 109. The van der Waals surface area contributed by atoms with Crippen molar-refractivity contribution < 1.29 is 27.4 Å². The summed E-state index contributed by atoms with van der Waals surface area (Å²) in [4.78, 5) is 41.5. The number of carbonyl (C=O) groups excluding carboxylic acids is 1. The van der Waals surface area contributed by atoms with Crippen molar-refractivity contribution in [3.63, 3.8) is 0 Å². The smallest absolute Gasteiger partial charge is 0.330 e. The van der Waals surface area contributed by atoms with Crippen molar-refractivity contribution in [2.24, 2.45) is 15.8 Å². The van der Waals surface area contributed by atoms with Gasteiger partial charge in [-0.25, -0.2) is 29.7 Å². The Balaban J connectivity index is 0.000000665. The lowest BCUT2D eigenvalue weighted by molar-refractivity contribution is -0.149. The van der Waals surface area contributed by atoms with E-state index in [9.17, 15) is 4.79 Å². The van der Waals surface area contributed by atoms with Gasteiger partial charge in [0.15, 0.2) is 5.82 Å². The molecule has 0 amide bonds. The van der Waals surface area contributed by atoms with Gasteiger partial charge < -0.3 is 27.6 Å². The van der Waals surface area contributed by atoms with Gasteiger partial charge in [-0.3, -0.25) is 4.99 Å². The Bertz CT molecular complexity index is 4410. The second-order valence-electron chi connectivity index (χ2n) is 39.5. The number of allylic oxidation sites excluding steroid dienone is 1. The van der Waals surface area contributed by atoms with E-state index in [1.165, 1.54) is 38.5 Å². The molecule has 0 bridgehead atoms. The molecule has 2 aliphatic heterocycles. The number of terminal acetylenes is 2. The van der Waals surface area contributed by atoms with Gasteiger partial charge in [0.25, 0.3) is 0 Å². The van der Waals surface area contributed by atoms with Crippen molar-refractivity contribution in [3.05, 3.63) is 230 Å². The molecule has 658 valence electrons. The number of nitrogens with zero attached hydrogens (tertiary/aromatic N) is 10. The van der Waals surface area contributed by atoms with Crippen LogP contribution in [0.15, 0.2) is 153 Å². The number of oxazole rings is 2. The van der Waals surface area contributed by atoms with Crippen molar-refractivity contribution in [2.75, 3.05) is 6.54 Å². The number of aliphatic imine (C=N–C) groups is 1. The van der Waals surface area contributed by atoms with Crippen LogP contribution in [-0.2, 0) is 58.3 Å². The standard InChI is InChI=1S/C10H13N.C9H12N2.4C9H13NO.4C9H13NS.C9H14O2/c1-5-9-8(6-7-11-9)10(2,3)4;1-5-8-10-6-7(11-8)9(2,3)4;1-5-8-10-7(6-11-8)9(2,3)4;1-5-8-10-6-7(11-8)9(2,3)4;1-5-8-7(6-11-10-8)9(2,3)4;1-5-7-6-8(11-10-7)9(2,3)4;1-5-8-10-7(6-11-8)9(2,3)4;1-5-8-10-6-7(11-8)9(2,3)4;1-5-8-7(6-11-10-8)9(2,3)4;1-5-7-6-8(11-10-7)9(2,3)4;1-9(2,3)7-5-4-6-8(10)11-7/h1,6H,7H2,2-4H3;1,6H,2-4H3,(H,10,11);8*5-6H,1H2,2-4H3;4,6-7H,5H2,1-3H3. The monoisotopic (exact) mass is 1720 g/mol. The van der Waals surface area contributed by atoms with E-state index < -0.39 is 0 Å². The number of hydrogen-bond donors (Lipinski definition) is 1. The molecule has 11 rings (SSSR count). The third-order valence-electron chi connectivity index (χ3n) is 17.0. The average molecular weight is 1720 g/mol. The van der Waals surface area contributed by atoms with E-state index in [2.05, 4.69) is 370 Å². The minimum absolute atomic E-state index is 0.0360. The van der Waals surface area contributed by atoms with Crippen LogP contribution in [0.25, 0.3) is 48.6 Å². The first-order chi connectivity index (χ1) is 55.4. The molecular weight excluding hydrogens is 1580 g/mol. The molecule has 17 nitrogen and oxygen atoms in total. The summed E-state index contributed by atoms with van der Waals surface area (Å²) in [5.41, 5.74) is 12.6. The number of H-pyrrole nitrogens is 1. The molecule has 9 aromatic heterocycles. The fraction of sp³-hybridized carbons (Fsp3) is 0.470. The zero-order valence-corrected chi connectivity index (χ0v) is 82.7. The SMILES string of the molecule is C#CC1=NCC=C1C(C)(C)C.C#Cc1ncc(C(C)(C)C)[nH]1.C=Cc1cc(C(C)(C)C)on1.C=Cc1cc(C(C)(C)C)sn1.C=Cc1nc(C(C)(C)C)co1.C=Cc1nc(C(C)(C)C)cs1.C=Cc1ncc(C(C)(C)C)o1.C=Cc1ncc(C(C)(C)C)s1.C=Cc1nocc1C(C)(C)C.C=Cc1nscc1C(C)(C)C.CC(C)(C)C1CC=CC(=O)O1. The molecule has 2 aliphatic rings. The third-order valence-corrected chi connectivity index (χ3v) is 21.2. The highest BCUT2D eigenvalue weighted by Crippen LogP contribution is 2.34. The van der Waals surface area contributed by atoms with Gasteiger partial charge in [-0.05, 0) is 127 Å². The van der Waals surface area contributed by atoms with Crippen molar-refractivity contribution in [1.29, 1.82) is 0 Å². The molecule has 9 aromatic rings. The highest BCUT2D eigenvalue weighted by molar-refractivity contribution is 7.12. The van der Waals surface area contributed by atoms with Gasteiger partial charge >= 0.3 is 5.97 Å². The highest BCUT2D eigenvalue weighted by Gasteiger charge is 2.30. The molecule has 11 heterocycles. The molecule has 0 aromatic carbocycles. The van der Waals surface area contributed by atoms with Crippen LogP contribution in [0.3, 0.4) is 0 Å². The fourth-order valence-electron chi connectivity index (χ4n) is 9.31. The van der Waals surface area contributed by atoms with Crippen LogP contribution < -0.4 is 0 Å². The number of esters is 1. The lowest BCUT2D eigenvalue weighted by Gasteiger charge is -2.30. The predicted molar refractivity (Wildman–Crippen MR) is 522 cm³/mol. The summed E-state index contributed by atoms with van der Waals surface area (Å²) in [7, 11) is 0. The Morgan fingerprint density at radius 2 is 1.07 bits per heavy atom. The van der Waals surface area contributed by atoms with Crippen molar-refractivity contribution in [1.82, 2.24) is 49.0 Å². The normalized spacial score (nSPS) is 13.2. The largest absolute Gasteiger partial charge is 0.458 e. The van der Waals surface area contributed by atoms with Crippen LogP contribution in [0.4, 0.5) is 0 Å². The van der Waals surface area contributed by atoms with E-state index in [1.807, 2.05) is 24.4 Å². The quantitative estimate of drug-likeness (QED) is 0.110. The zero-order valence-electron chi connectivity index (χ0n) is 79.4. The van der Waals surface area contributed by atoms with Gasteiger partial charge in [0, 0.05) is 89.8 Å². The number of rotatable bonds is 8. The van der Waals surface area contributed by atoms with Crippen LogP contribution in [-0.4, -0.2) is 73.3 Å². The summed E-state index contributed by atoms with van der Waals surface area (Å²) in [5.74, 6) is 8.43. The number of thiazole rings is 2. The average Bonchev–Trinajstić information content (AvgIpc) is 1.66. The summed E-state index contributed by atoms with van der Waals surface area (Å²) in [5, 5.41) is 13.8. The van der Waals surface area contributed by atoms with Gasteiger partial charge in [-0.2, -0.15) is 8.75 Å². The summed E-state index contributed by atoms with van der Waals surface area (Å²) in [6.07, 6.45) is 39.4. The van der Waals surface area contributed by atoms with Gasteiger partial charge in [-0.15, -0.1) is 35.5 Å². The van der Waals surface area contributed by atoms with Crippen molar-refractivity contribution >= 4 is 106 Å². The number of hydrogen-bond acceptors (Lipinski definition) is 20. The van der Waals surface area contributed by atoms with Gasteiger partial charge in [-0.1, -0.05) is 310 Å². The first-order valence-corrected chi connectivity index (χ1v) is 43.5. The van der Waals surface area contributed by atoms with Crippen LogP contribution >= 0.6 is 45.7 Å². The first-order valence-electron chi connectivity index (χ1n) is 40.2. The number of carbonyl (C=O) groups is 1. The fourth-order valence-corrected chi connectivity index (χ4v) is 12.7. The zero-order chi connectivity index (χ0) is 93.3. The minimum atomic E-state index is -0.212. The molecule has 121 heavy (non-hydrogen) atoms. The summed E-state index contributed by atoms with van der Waals surface area (Å²) in [6, 6.07) is 4.00. The van der Waals surface area contributed by atoms with E-state index in [-0.39, 0.29) is 71.6 Å². The van der Waals surface area contributed by atoms with Crippen LogP contribution in [0.5, 0.6) is 0 Å². The molecule has 21 heteroatoms. The van der Waals surface area contributed by atoms with E-state index in [0.29, 0.717) is 17.6 Å². The third kappa shape index (κ3) is 40.2. The predicted octanol–water partition coefficient (Wildman–Crippen LogP) is 28.4. The molecule has 0 aliphatic carbocycles. The summed E-state index contributed by atoms with van der Waals surface area (Å²) >= 11 is 6.41. The Morgan fingerprint density at radius 3 is 1.38 bits per heavy atom. The Morgan fingerprint density at radius 1 is 0.504 bits per heavy atom. The number of aromatic nitrogens is 10. The van der Waals surface area contributed by atoms with Crippen LogP contribution in [0.1, 0.15) is 335 Å². The number of cyclic esters (lactones) is 1. The highest BCUT2D eigenvalue weighted by atomic mass is 32.1. The lowest BCUT2D eigenvalue weighted by atomic mass is 9.84. The molecule has 1 atom stereocenters. The topological polar surface area (TPSA) is 223 Å². The maximum atomic E-state index is 10.8. The summed E-state index contributed by atoms with van der Waals surface area (Å²) < 4.78 is 34.0. The molecule has 1 N–H and O–H groups in total. The van der Waals surface area contributed by atoms with E-state index in [0.717, 1.165) is 85.6 Å². The van der Waals surface area contributed by atoms with E-state index >= 15 is 0 Å². The molecule has 0 saturated carbocycles. The number of nitrogens with one attached hydrogen (secondary N) is 1. The second kappa shape index (κ2) is 47.6. The Labute approximate surface area is 744 Å². The van der Waals surface area contributed by atoms with Crippen LogP contribution in [0, 0.1) is 35.5 Å². The van der Waals surface area contributed by atoms with Crippen LogP contribution in [0.2, 0.25) is 0 Å². The van der Waals surface area contributed by atoms with E-state index in [1.54, 1.807) is 102 Å². The molecular formula is C100H143N11O6S4. The maximum Gasteiger partial charge on any atom is 0.330 e. The number of imidazole rings is 1. The van der Waals surface area contributed by atoms with E-state index in [4.69, 9.17) is 35.5 Å². The number of ether oxygens (including phenoxy) is 1. The van der Waals surface area contributed by atoms with Gasteiger partial charge in [0.05, 0.1) is 35.5 Å². The molecule has 0 spiro atoms. The summed E-state index contributed by atoms with van der Waals surface area (Å²) in [6.45, 7) is 100. The molecule has 1 unspecified atom stereocenters. The second-order valence-corrected chi connectivity index (χ2v) is 42.9. The molecule has 0 fully saturated rings. The Hall–Kier alpha value is -9.77. The Kier molecular flexibility index (Phi) is 43.0. The number of aromatic amines is 1. The van der Waals surface area contributed by atoms with Crippen molar-refractivity contribution in [3.8, 4) is 24.7 Å². The van der Waals surface area contributed by atoms with Gasteiger partial charge in [0.2, 0.25) is 11.8 Å². The molecule has 0 radical (unpaired) electrons. The lowest BCUT2D eigenvalue weighted by Crippen LogP contribution is -2.32. The maximum absolute atomic E-state index is 10.8. The molecule has 0 saturated heterocycles.